The van der Waals surface area contributed by atoms with Crippen molar-refractivity contribution in [1.29, 1.82) is 0 Å². The molecule has 2 aliphatic rings. The number of methoxy groups -OCH3 is 1. The number of nitrogens with zero attached hydrogens (tertiary/aromatic N) is 2. The van der Waals surface area contributed by atoms with E-state index in [-0.39, 0.29) is 5.91 Å². The summed E-state index contributed by atoms with van der Waals surface area (Å²) in [6.45, 7) is 4.92. The molecule has 0 unspecified atom stereocenters. The molecular weight excluding hydrogens is 364 g/mol. The molecule has 6 nitrogen and oxygen atoms in total. The Morgan fingerprint density at radius 2 is 2.07 bits per heavy atom. The van der Waals surface area contributed by atoms with Crippen molar-refractivity contribution in [3.63, 3.8) is 0 Å². The quantitative estimate of drug-likeness (QED) is 0.805. The zero-order chi connectivity index (χ0) is 18.6. The molecule has 1 fully saturated rings. The fourth-order valence-corrected chi connectivity index (χ4v) is 4.23. The second-order valence-corrected chi connectivity index (χ2v) is 7.64. The minimum absolute atomic E-state index is 0.156. The number of fused-ring (bicyclic) bond motifs is 1. The second kappa shape index (κ2) is 8.29. The van der Waals surface area contributed by atoms with Gasteiger partial charge in [-0.15, -0.1) is 11.3 Å². The van der Waals surface area contributed by atoms with Gasteiger partial charge in [-0.2, -0.15) is 0 Å². The molecule has 0 atom stereocenters. The van der Waals surface area contributed by atoms with E-state index in [4.69, 9.17) is 14.2 Å². The largest absolute Gasteiger partial charge is 0.493 e. The monoisotopic (exact) mass is 388 g/mol. The third kappa shape index (κ3) is 4.10. The lowest BCUT2D eigenvalue weighted by molar-refractivity contribution is -0.136. The molecule has 144 valence electrons. The normalized spacial score (nSPS) is 17.7. The molecular formula is C20H24N2O4S. The van der Waals surface area contributed by atoms with Gasteiger partial charge in [0.2, 0.25) is 5.91 Å². The van der Waals surface area contributed by atoms with Crippen LogP contribution in [0.2, 0.25) is 0 Å². The first-order chi connectivity index (χ1) is 13.2. The molecule has 0 radical (unpaired) electrons. The SMILES string of the molecule is COc1cc(-c2cccs2)cc2c1OCCN(CC(=O)N1CCOCC1)C2. The highest BCUT2D eigenvalue weighted by molar-refractivity contribution is 7.13. The molecule has 0 bridgehead atoms. The predicted molar refractivity (Wildman–Crippen MR) is 104 cm³/mol. The minimum atomic E-state index is 0.156. The maximum absolute atomic E-state index is 12.6. The van der Waals surface area contributed by atoms with Crippen LogP contribution in [0, 0.1) is 0 Å². The van der Waals surface area contributed by atoms with Gasteiger partial charge in [-0.1, -0.05) is 6.07 Å². The number of rotatable bonds is 4. The molecule has 0 spiro atoms. The van der Waals surface area contributed by atoms with Crippen molar-refractivity contribution >= 4 is 17.2 Å². The number of hydrogen-bond acceptors (Lipinski definition) is 6. The first-order valence-electron chi connectivity index (χ1n) is 9.20. The van der Waals surface area contributed by atoms with E-state index in [0.29, 0.717) is 52.5 Å². The van der Waals surface area contributed by atoms with Crippen molar-refractivity contribution in [3.8, 4) is 21.9 Å². The fraction of sp³-hybridized carbons (Fsp3) is 0.450. The van der Waals surface area contributed by atoms with Gasteiger partial charge in [-0.25, -0.2) is 0 Å². The van der Waals surface area contributed by atoms with E-state index < -0.39 is 0 Å². The molecule has 1 saturated heterocycles. The van der Waals surface area contributed by atoms with Crippen molar-refractivity contribution in [2.75, 3.05) is 53.1 Å². The first kappa shape index (κ1) is 18.3. The van der Waals surface area contributed by atoms with Crippen LogP contribution in [-0.4, -0.2) is 68.8 Å². The van der Waals surface area contributed by atoms with Crippen LogP contribution >= 0.6 is 11.3 Å². The van der Waals surface area contributed by atoms with E-state index in [1.165, 1.54) is 4.88 Å². The molecule has 0 saturated carbocycles. The lowest BCUT2D eigenvalue weighted by atomic mass is 10.1. The number of carbonyl (C=O) groups is 1. The zero-order valence-electron chi connectivity index (χ0n) is 15.5. The maximum Gasteiger partial charge on any atom is 0.236 e. The molecule has 1 aromatic carbocycles. The Labute approximate surface area is 163 Å². The molecule has 1 amide bonds. The highest BCUT2D eigenvalue weighted by atomic mass is 32.1. The fourth-order valence-electron chi connectivity index (χ4n) is 3.51. The van der Waals surface area contributed by atoms with Gasteiger partial charge < -0.3 is 19.1 Å². The summed E-state index contributed by atoms with van der Waals surface area (Å²) in [5.74, 6) is 1.69. The second-order valence-electron chi connectivity index (χ2n) is 6.70. The highest BCUT2D eigenvalue weighted by Crippen LogP contribution is 2.39. The van der Waals surface area contributed by atoms with Gasteiger partial charge in [0.05, 0.1) is 26.9 Å². The standard InChI is InChI=1S/C20H24N2O4S/c1-24-17-12-15(18-3-2-10-27-18)11-16-13-21(4-9-26-20(16)17)14-19(23)22-5-7-25-8-6-22/h2-3,10-12H,4-9,13-14H2,1H3. The van der Waals surface area contributed by atoms with Gasteiger partial charge in [0, 0.05) is 36.6 Å². The molecule has 0 N–H and O–H groups in total. The number of hydrogen-bond donors (Lipinski definition) is 0. The molecule has 1 aromatic heterocycles. The average molecular weight is 388 g/mol. The van der Waals surface area contributed by atoms with Gasteiger partial charge in [0.25, 0.3) is 0 Å². The molecule has 4 rings (SSSR count). The van der Waals surface area contributed by atoms with E-state index in [2.05, 4.69) is 22.4 Å². The van der Waals surface area contributed by atoms with E-state index in [1.54, 1.807) is 18.4 Å². The maximum atomic E-state index is 12.6. The summed E-state index contributed by atoms with van der Waals surface area (Å²) in [6, 6.07) is 8.32. The Morgan fingerprint density at radius 1 is 1.22 bits per heavy atom. The first-order valence-corrected chi connectivity index (χ1v) is 10.1. The van der Waals surface area contributed by atoms with Crippen LogP contribution in [0.5, 0.6) is 11.5 Å². The molecule has 0 aliphatic carbocycles. The van der Waals surface area contributed by atoms with Crippen LogP contribution in [0.15, 0.2) is 29.6 Å². The number of morpholine rings is 1. The Balaban J connectivity index is 1.55. The number of amides is 1. The van der Waals surface area contributed by atoms with Crippen molar-refractivity contribution in [1.82, 2.24) is 9.80 Å². The third-order valence-electron chi connectivity index (χ3n) is 4.93. The number of benzene rings is 1. The lowest BCUT2D eigenvalue weighted by Gasteiger charge is -2.29. The molecule has 3 heterocycles. The van der Waals surface area contributed by atoms with Crippen LogP contribution in [-0.2, 0) is 16.1 Å². The topological polar surface area (TPSA) is 51.2 Å². The van der Waals surface area contributed by atoms with E-state index >= 15 is 0 Å². The summed E-state index contributed by atoms with van der Waals surface area (Å²) in [5.41, 5.74) is 2.18. The third-order valence-corrected chi connectivity index (χ3v) is 5.85. The molecule has 7 heteroatoms. The van der Waals surface area contributed by atoms with Crippen LogP contribution in [0.3, 0.4) is 0 Å². The summed E-state index contributed by atoms with van der Waals surface area (Å²) >= 11 is 1.70. The summed E-state index contributed by atoms with van der Waals surface area (Å²) in [4.78, 5) is 17.9. The summed E-state index contributed by atoms with van der Waals surface area (Å²) < 4.78 is 16.9. The highest BCUT2D eigenvalue weighted by Gasteiger charge is 2.24. The van der Waals surface area contributed by atoms with Crippen molar-refractivity contribution in [2.24, 2.45) is 0 Å². The van der Waals surface area contributed by atoms with Crippen LogP contribution in [0.25, 0.3) is 10.4 Å². The van der Waals surface area contributed by atoms with Gasteiger partial charge in [-0.05, 0) is 29.1 Å². The summed E-state index contributed by atoms with van der Waals surface area (Å²) in [6.07, 6.45) is 0. The number of carbonyl (C=O) groups excluding carboxylic acids is 1. The molecule has 2 aromatic rings. The van der Waals surface area contributed by atoms with Crippen molar-refractivity contribution in [2.45, 2.75) is 6.54 Å². The number of ether oxygens (including phenoxy) is 3. The van der Waals surface area contributed by atoms with E-state index in [9.17, 15) is 4.79 Å². The van der Waals surface area contributed by atoms with Gasteiger partial charge in [0.15, 0.2) is 11.5 Å². The smallest absolute Gasteiger partial charge is 0.236 e. The van der Waals surface area contributed by atoms with Gasteiger partial charge >= 0.3 is 0 Å². The van der Waals surface area contributed by atoms with Crippen molar-refractivity contribution < 1.29 is 19.0 Å². The van der Waals surface area contributed by atoms with E-state index in [0.717, 1.165) is 22.6 Å². The Morgan fingerprint density at radius 3 is 2.81 bits per heavy atom. The van der Waals surface area contributed by atoms with Crippen molar-refractivity contribution in [3.05, 3.63) is 35.2 Å². The van der Waals surface area contributed by atoms with E-state index in [1.807, 2.05) is 17.0 Å². The summed E-state index contributed by atoms with van der Waals surface area (Å²) in [5, 5.41) is 2.07. The Bertz CT molecular complexity index is 788. The Hall–Kier alpha value is -2.09. The average Bonchev–Trinajstić information content (AvgIpc) is 3.16. The zero-order valence-corrected chi connectivity index (χ0v) is 16.3. The molecule has 27 heavy (non-hydrogen) atoms. The van der Waals surface area contributed by atoms with Crippen LogP contribution in [0.1, 0.15) is 5.56 Å². The van der Waals surface area contributed by atoms with Gasteiger partial charge in [-0.3, -0.25) is 9.69 Å². The predicted octanol–water partition coefficient (Wildman–Crippen LogP) is 2.48. The summed E-state index contributed by atoms with van der Waals surface area (Å²) in [7, 11) is 1.67. The lowest BCUT2D eigenvalue weighted by Crippen LogP contribution is -2.46. The van der Waals surface area contributed by atoms with Crippen LogP contribution < -0.4 is 9.47 Å². The number of thiophene rings is 1. The minimum Gasteiger partial charge on any atom is -0.493 e. The van der Waals surface area contributed by atoms with Gasteiger partial charge in [0.1, 0.15) is 6.61 Å². The Kier molecular flexibility index (Phi) is 5.61. The van der Waals surface area contributed by atoms with Crippen LogP contribution in [0.4, 0.5) is 0 Å². The molecule has 2 aliphatic heterocycles.